The molecule has 0 spiro atoms. The molecule has 1 amide bonds. The van der Waals surface area contributed by atoms with Crippen LogP contribution in [0.2, 0.25) is 0 Å². The number of phenolic OH excluding ortho intramolecular Hbond substituents is 1. The summed E-state index contributed by atoms with van der Waals surface area (Å²) < 4.78 is 28.8. The SMILES string of the molecule is C=CCOC(=O)Oc1c(C)c2c(c3c1CC1[C@H]4c5c(cc(C)c(OC)c5O)C[C@@H]([C@H](O)N1[C@H]3CNC(=O)/C=C/c1ccccc1)N4C)OCO2. The van der Waals surface area contributed by atoms with Gasteiger partial charge in [-0.25, -0.2) is 4.79 Å². The van der Waals surface area contributed by atoms with Crippen molar-refractivity contribution in [1.29, 1.82) is 0 Å². The van der Waals surface area contributed by atoms with E-state index in [9.17, 15) is 19.8 Å². The number of hydrogen-bond acceptors (Lipinski definition) is 11. The molecule has 4 aliphatic heterocycles. The molecule has 5 atom stereocenters. The first-order chi connectivity index (χ1) is 24.1. The van der Waals surface area contributed by atoms with Crippen molar-refractivity contribution in [3.63, 3.8) is 0 Å². The van der Waals surface area contributed by atoms with Crippen LogP contribution in [-0.2, 0) is 22.4 Å². The molecule has 0 saturated carbocycles. The van der Waals surface area contributed by atoms with Gasteiger partial charge < -0.3 is 39.2 Å². The number of nitrogens with zero attached hydrogens (tertiary/aromatic N) is 2. The molecule has 1 saturated heterocycles. The summed E-state index contributed by atoms with van der Waals surface area (Å²) in [7, 11) is 3.48. The Morgan fingerprint density at radius 2 is 1.84 bits per heavy atom. The molecule has 262 valence electrons. The molecule has 3 aromatic carbocycles. The topological polar surface area (TPSA) is 139 Å². The van der Waals surface area contributed by atoms with Gasteiger partial charge >= 0.3 is 6.16 Å². The molecule has 50 heavy (non-hydrogen) atoms. The van der Waals surface area contributed by atoms with E-state index in [1.807, 2.05) is 55.3 Å². The predicted molar refractivity (Wildman–Crippen MR) is 183 cm³/mol. The number of carbonyl (C=O) groups excluding carboxylic acids is 2. The van der Waals surface area contributed by atoms with Crippen LogP contribution in [0.5, 0.6) is 28.7 Å². The minimum absolute atomic E-state index is 0.0378. The number of aryl methyl sites for hydroxylation is 1. The minimum atomic E-state index is -0.977. The molecule has 1 unspecified atom stereocenters. The van der Waals surface area contributed by atoms with E-state index in [1.165, 1.54) is 19.3 Å². The van der Waals surface area contributed by atoms with Gasteiger partial charge in [-0.1, -0.05) is 49.1 Å². The number of aromatic hydroxyl groups is 1. The largest absolute Gasteiger partial charge is 0.514 e. The van der Waals surface area contributed by atoms with Gasteiger partial charge in [-0.15, -0.1) is 0 Å². The molecular formula is C38H41N3O9. The van der Waals surface area contributed by atoms with E-state index in [2.05, 4.69) is 16.8 Å². The molecule has 0 aromatic heterocycles. The van der Waals surface area contributed by atoms with Gasteiger partial charge in [-0.05, 0) is 56.5 Å². The fraction of sp³-hybridized carbons (Fsp3) is 0.368. The van der Waals surface area contributed by atoms with Crippen molar-refractivity contribution < 1.29 is 43.5 Å². The first-order valence-electron chi connectivity index (χ1n) is 16.6. The molecule has 0 aliphatic carbocycles. The third kappa shape index (κ3) is 5.53. The molecule has 12 nitrogen and oxygen atoms in total. The van der Waals surface area contributed by atoms with Gasteiger partial charge in [0.15, 0.2) is 23.0 Å². The van der Waals surface area contributed by atoms with Crippen LogP contribution < -0.4 is 24.3 Å². The van der Waals surface area contributed by atoms with Crippen molar-refractivity contribution in [3.05, 3.63) is 94.1 Å². The number of benzene rings is 3. The molecule has 3 N–H and O–H groups in total. The predicted octanol–water partition coefficient (Wildman–Crippen LogP) is 4.47. The number of carbonyl (C=O) groups is 2. The fourth-order valence-corrected chi connectivity index (χ4v) is 8.21. The Hall–Kier alpha value is -5.04. The Morgan fingerprint density at radius 1 is 1.08 bits per heavy atom. The lowest BCUT2D eigenvalue weighted by Crippen LogP contribution is -2.69. The number of amides is 1. The quantitative estimate of drug-likeness (QED) is 0.134. The zero-order chi connectivity index (χ0) is 35.3. The van der Waals surface area contributed by atoms with E-state index in [0.717, 1.165) is 22.3 Å². The Balaban J connectivity index is 1.37. The van der Waals surface area contributed by atoms with Gasteiger partial charge in [0.1, 0.15) is 18.6 Å². The summed E-state index contributed by atoms with van der Waals surface area (Å²) in [6.07, 6.45) is 3.54. The first kappa shape index (κ1) is 33.5. The highest BCUT2D eigenvalue weighted by Crippen LogP contribution is 2.58. The number of aliphatic hydroxyl groups is 1. The molecule has 7 rings (SSSR count). The number of nitrogens with one attached hydrogen (secondary N) is 1. The molecule has 4 heterocycles. The summed E-state index contributed by atoms with van der Waals surface area (Å²) in [6, 6.07) is 9.67. The third-order valence-electron chi connectivity index (χ3n) is 10.3. The Labute approximate surface area is 290 Å². The number of aliphatic hydroxyl groups excluding tert-OH is 1. The van der Waals surface area contributed by atoms with Crippen LogP contribution in [0.4, 0.5) is 4.79 Å². The zero-order valence-electron chi connectivity index (χ0n) is 28.5. The second-order valence-corrected chi connectivity index (χ2v) is 13.0. The van der Waals surface area contributed by atoms with Gasteiger partial charge in [0.05, 0.1) is 25.2 Å². The van der Waals surface area contributed by atoms with Crippen LogP contribution >= 0.6 is 0 Å². The van der Waals surface area contributed by atoms with Crippen molar-refractivity contribution in [1.82, 2.24) is 15.1 Å². The van der Waals surface area contributed by atoms with Crippen LogP contribution in [0.3, 0.4) is 0 Å². The number of hydrogen-bond donors (Lipinski definition) is 3. The van der Waals surface area contributed by atoms with Gasteiger partial charge in [0.2, 0.25) is 12.7 Å². The van der Waals surface area contributed by atoms with Crippen molar-refractivity contribution in [2.75, 3.05) is 34.1 Å². The van der Waals surface area contributed by atoms with E-state index in [-0.39, 0.29) is 43.4 Å². The number of piperazine rings is 1. The zero-order valence-corrected chi connectivity index (χ0v) is 28.5. The summed E-state index contributed by atoms with van der Waals surface area (Å²) >= 11 is 0. The average molecular weight is 684 g/mol. The van der Waals surface area contributed by atoms with Crippen LogP contribution in [0.15, 0.2) is 55.1 Å². The second kappa shape index (κ2) is 13.3. The second-order valence-electron chi connectivity index (χ2n) is 13.0. The van der Waals surface area contributed by atoms with E-state index >= 15 is 0 Å². The van der Waals surface area contributed by atoms with Gasteiger partial charge in [-0.3, -0.25) is 14.6 Å². The van der Waals surface area contributed by atoms with E-state index in [1.54, 1.807) is 13.0 Å². The maximum atomic E-state index is 13.3. The van der Waals surface area contributed by atoms with Gasteiger partial charge in [0, 0.05) is 40.9 Å². The van der Waals surface area contributed by atoms with Crippen LogP contribution in [0.25, 0.3) is 6.08 Å². The first-order valence-corrected chi connectivity index (χ1v) is 16.6. The summed E-state index contributed by atoms with van der Waals surface area (Å²) in [5.41, 5.74) is 5.18. The standard InChI is InChI=1S/C38H41N3O9/c1-6-14-47-38(45)50-34-21(3)35-36(49-19-48-35)30-24(34)17-25-31-29-23(15-20(2)33(46-5)32(29)43)16-26(40(31)4)37(44)41(25)27(30)18-39-28(42)13-12-22-10-8-7-9-11-22/h6-13,15,25-27,31,37,43-44H,1,14,16-19H2,2-5H3,(H,39,42)/b13-12+/t25?,26-,27-,31-,37-/m0/s1. The number of ether oxygens (including phenoxy) is 5. The third-order valence-corrected chi connectivity index (χ3v) is 10.3. The fourth-order valence-electron chi connectivity index (χ4n) is 8.21. The Bertz CT molecular complexity index is 1880. The number of methoxy groups -OCH3 is 1. The van der Waals surface area contributed by atoms with E-state index < -0.39 is 30.5 Å². The molecule has 1 fully saturated rings. The summed E-state index contributed by atoms with van der Waals surface area (Å²) in [5, 5.41) is 27.0. The number of rotatable bonds is 8. The van der Waals surface area contributed by atoms with Crippen molar-refractivity contribution in [2.24, 2.45) is 0 Å². The highest BCUT2D eigenvalue weighted by Gasteiger charge is 2.56. The van der Waals surface area contributed by atoms with Crippen LogP contribution in [0, 0.1) is 13.8 Å². The average Bonchev–Trinajstić information content (AvgIpc) is 3.60. The molecule has 3 aromatic rings. The highest BCUT2D eigenvalue weighted by molar-refractivity contribution is 5.91. The molecule has 2 bridgehead atoms. The Morgan fingerprint density at radius 3 is 2.58 bits per heavy atom. The number of likely N-dealkylation sites (N-methyl/N-ethyl adjacent to an activating group) is 1. The van der Waals surface area contributed by atoms with Crippen LogP contribution in [0.1, 0.15) is 51.0 Å². The van der Waals surface area contributed by atoms with Crippen molar-refractivity contribution >= 4 is 18.1 Å². The molecule has 0 radical (unpaired) electrons. The number of fused-ring (bicyclic) bond motifs is 9. The summed E-state index contributed by atoms with van der Waals surface area (Å²) in [4.78, 5) is 30.3. The monoisotopic (exact) mass is 683 g/mol. The number of phenols is 1. The van der Waals surface area contributed by atoms with E-state index in [0.29, 0.717) is 46.8 Å². The van der Waals surface area contributed by atoms with Crippen molar-refractivity contribution in [2.45, 2.75) is 57.1 Å². The molecule has 12 heteroatoms. The lowest BCUT2D eigenvalue weighted by molar-refractivity contribution is -0.172. The minimum Gasteiger partial charge on any atom is -0.504 e. The highest BCUT2D eigenvalue weighted by atomic mass is 16.7. The summed E-state index contributed by atoms with van der Waals surface area (Å²) in [6.45, 7) is 7.28. The maximum Gasteiger partial charge on any atom is 0.514 e. The maximum absolute atomic E-state index is 13.3. The summed E-state index contributed by atoms with van der Waals surface area (Å²) in [5.74, 6) is 1.28. The Kier molecular flexibility index (Phi) is 8.93. The van der Waals surface area contributed by atoms with Crippen LogP contribution in [-0.4, -0.2) is 84.5 Å². The smallest absolute Gasteiger partial charge is 0.504 e. The van der Waals surface area contributed by atoms with Crippen molar-refractivity contribution in [3.8, 4) is 28.7 Å². The van der Waals surface area contributed by atoms with Gasteiger partial charge in [0.25, 0.3) is 0 Å². The lowest BCUT2D eigenvalue weighted by Gasteiger charge is -2.60. The molecular weight excluding hydrogens is 642 g/mol. The normalized spacial score (nSPS) is 23.4. The lowest BCUT2D eigenvalue weighted by atomic mass is 9.73. The van der Waals surface area contributed by atoms with E-state index in [4.69, 9.17) is 23.7 Å². The van der Waals surface area contributed by atoms with Gasteiger partial charge in [-0.2, -0.15) is 0 Å². The molecule has 4 aliphatic rings.